The number of aryl methyl sites for hydroxylation is 1. The zero-order valence-electron chi connectivity index (χ0n) is 11.3. The summed E-state index contributed by atoms with van der Waals surface area (Å²) in [5, 5.41) is 0. The Bertz CT molecular complexity index is 598. The molecule has 4 nitrogen and oxygen atoms in total. The molecule has 19 heavy (non-hydrogen) atoms. The van der Waals surface area contributed by atoms with E-state index in [0.717, 1.165) is 27.2 Å². The van der Waals surface area contributed by atoms with Crippen LogP contribution in [0, 0.1) is 13.8 Å². The molecule has 0 saturated carbocycles. The van der Waals surface area contributed by atoms with Gasteiger partial charge in [0, 0.05) is 12.7 Å². The first-order chi connectivity index (χ1) is 8.99. The van der Waals surface area contributed by atoms with Crippen molar-refractivity contribution < 1.29 is 0 Å². The molecular formula is C14H17BrN4. The molecule has 0 radical (unpaired) electrons. The lowest BCUT2D eigenvalue weighted by atomic mass is 10.2. The van der Waals surface area contributed by atoms with E-state index in [4.69, 9.17) is 5.73 Å². The van der Waals surface area contributed by atoms with Crippen molar-refractivity contribution in [3.8, 4) is 0 Å². The second-order valence-corrected chi connectivity index (χ2v) is 5.40. The Hall–Kier alpha value is -1.62. The quantitative estimate of drug-likeness (QED) is 0.944. The molecule has 0 bridgehead atoms. The maximum atomic E-state index is 5.84. The number of hydrogen-bond acceptors (Lipinski definition) is 4. The van der Waals surface area contributed by atoms with E-state index >= 15 is 0 Å². The van der Waals surface area contributed by atoms with E-state index in [9.17, 15) is 0 Å². The van der Waals surface area contributed by atoms with Crippen LogP contribution in [0.5, 0.6) is 0 Å². The fourth-order valence-electron chi connectivity index (χ4n) is 1.85. The highest BCUT2D eigenvalue weighted by Crippen LogP contribution is 2.30. The summed E-state index contributed by atoms with van der Waals surface area (Å²) in [5.74, 6) is 0.870. The summed E-state index contributed by atoms with van der Waals surface area (Å²) in [6.45, 7) is 4.67. The van der Waals surface area contributed by atoms with Gasteiger partial charge in [-0.3, -0.25) is 4.98 Å². The van der Waals surface area contributed by atoms with Gasteiger partial charge >= 0.3 is 0 Å². The number of hydrogen-bond donors (Lipinski definition) is 1. The molecule has 0 unspecified atom stereocenters. The zero-order chi connectivity index (χ0) is 14.0. The van der Waals surface area contributed by atoms with Crippen LogP contribution in [0.15, 0.2) is 28.9 Å². The van der Waals surface area contributed by atoms with Crippen molar-refractivity contribution in [2.24, 2.45) is 0 Å². The third-order valence-corrected chi connectivity index (χ3v) is 3.94. The van der Waals surface area contributed by atoms with Crippen LogP contribution < -0.4 is 10.6 Å². The monoisotopic (exact) mass is 320 g/mol. The predicted octanol–water partition coefficient (Wildman–Crippen LogP) is 3.07. The van der Waals surface area contributed by atoms with Gasteiger partial charge in [-0.15, -0.1) is 0 Å². The minimum Gasteiger partial charge on any atom is -0.397 e. The molecule has 5 heteroatoms. The van der Waals surface area contributed by atoms with Crippen molar-refractivity contribution in [2.45, 2.75) is 20.4 Å². The summed E-state index contributed by atoms with van der Waals surface area (Å²) in [6, 6.07) is 6.02. The average molecular weight is 321 g/mol. The standard InChI is InChI=1S/C14H17BrN4/c1-9-5-4-6-11(18-9)8-19(3)14-13(15)10(2)12(16)7-17-14/h4-7H,8,16H2,1-3H3. The molecule has 0 atom stereocenters. The molecule has 0 saturated heterocycles. The fourth-order valence-corrected chi connectivity index (χ4v) is 2.48. The van der Waals surface area contributed by atoms with Crippen molar-refractivity contribution >= 4 is 27.4 Å². The van der Waals surface area contributed by atoms with Crippen molar-refractivity contribution in [1.82, 2.24) is 9.97 Å². The molecule has 2 aromatic rings. The van der Waals surface area contributed by atoms with Crippen molar-refractivity contribution in [2.75, 3.05) is 17.7 Å². The van der Waals surface area contributed by atoms with Gasteiger partial charge in [0.25, 0.3) is 0 Å². The van der Waals surface area contributed by atoms with Crippen LogP contribution in [0.2, 0.25) is 0 Å². The Balaban J connectivity index is 2.25. The molecule has 0 spiro atoms. The van der Waals surface area contributed by atoms with Gasteiger partial charge < -0.3 is 10.6 Å². The van der Waals surface area contributed by atoms with E-state index < -0.39 is 0 Å². The van der Waals surface area contributed by atoms with E-state index in [2.05, 4.69) is 30.8 Å². The number of nitrogens with two attached hydrogens (primary N) is 1. The summed E-state index contributed by atoms with van der Waals surface area (Å²) >= 11 is 3.55. The largest absolute Gasteiger partial charge is 0.397 e. The van der Waals surface area contributed by atoms with Crippen LogP contribution >= 0.6 is 15.9 Å². The first-order valence-corrected chi connectivity index (χ1v) is 6.82. The number of aromatic nitrogens is 2. The summed E-state index contributed by atoms with van der Waals surface area (Å²) < 4.78 is 0.933. The topological polar surface area (TPSA) is 55.0 Å². The van der Waals surface area contributed by atoms with E-state index in [1.807, 2.05) is 39.1 Å². The molecular weight excluding hydrogens is 304 g/mol. The molecule has 0 aliphatic rings. The van der Waals surface area contributed by atoms with E-state index in [1.54, 1.807) is 6.20 Å². The SMILES string of the molecule is Cc1cccc(CN(C)c2ncc(N)c(C)c2Br)n1. The molecule has 2 heterocycles. The number of rotatable bonds is 3. The van der Waals surface area contributed by atoms with E-state index in [-0.39, 0.29) is 0 Å². The van der Waals surface area contributed by atoms with Gasteiger partial charge in [0.05, 0.1) is 28.6 Å². The second kappa shape index (κ2) is 5.57. The van der Waals surface area contributed by atoms with Crippen molar-refractivity contribution in [3.63, 3.8) is 0 Å². The maximum absolute atomic E-state index is 5.84. The van der Waals surface area contributed by atoms with Crippen molar-refractivity contribution in [1.29, 1.82) is 0 Å². The Morgan fingerprint density at radius 1 is 1.32 bits per heavy atom. The number of nitrogen functional groups attached to an aromatic ring is 1. The lowest BCUT2D eigenvalue weighted by Crippen LogP contribution is -2.19. The summed E-state index contributed by atoms with van der Waals surface area (Å²) in [7, 11) is 1.99. The van der Waals surface area contributed by atoms with E-state index in [0.29, 0.717) is 12.2 Å². The smallest absolute Gasteiger partial charge is 0.143 e. The van der Waals surface area contributed by atoms with Crippen LogP contribution in [-0.2, 0) is 6.54 Å². The third-order valence-electron chi connectivity index (χ3n) is 2.99. The highest BCUT2D eigenvalue weighted by Gasteiger charge is 2.12. The van der Waals surface area contributed by atoms with Crippen LogP contribution in [0.3, 0.4) is 0 Å². The number of halogens is 1. The van der Waals surface area contributed by atoms with Gasteiger partial charge in [-0.2, -0.15) is 0 Å². The van der Waals surface area contributed by atoms with Crippen molar-refractivity contribution in [3.05, 3.63) is 45.8 Å². The van der Waals surface area contributed by atoms with Gasteiger partial charge in [0.2, 0.25) is 0 Å². The average Bonchev–Trinajstić information content (AvgIpc) is 2.36. The van der Waals surface area contributed by atoms with Gasteiger partial charge in [-0.25, -0.2) is 4.98 Å². The predicted molar refractivity (Wildman–Crippen MR) is 82.2 cm³/mol. The molecule has 2 rings (SSSR count). The second-order valence-electron chi connectivity index (χ2n) is 4.60. The lowest BCUT2D eigenvalue weighted by Gasteiger charge is -2.20. The Labute approximate surface area is 121 Å². The van der Waals surface area contributed by atoms with Gasteiger partial charge in [-0.1, -0.05) is 6.07 Å². The van der Waals surface area contributed by atoms with E-state index in [1.165, 1.54) is 0 Å². The maximum Gasteiger partial charge on any atom is 0.143 e. The van der Waals surface area contributed by atoms with Gasteiger partial charge in [-0.05, 0) is 47.5 Å². The molecule has 0 fully saturated rings. The number of pyridine rings is 2. The molecule has 0 aliphatic carbocycles. The summed E-state index contributed by atoms with van der Waals surface area (Å²) in [5.41, 5.74) is 9.58. The van der Waals surface area contributed by atoms with Crippen LogP contribution in [-0.4, -0.2) is 17.0 Å². The normalized spacial score (nSPS) is 10.5. The molecule has 0 amide bonds. The Morgan fingerprint density at radius 2 is 2.05 bits per heavy atom. The van der Waals surface area contributed by atoms with Gasteiger partial charge in [0.1, 0.15) is 5.82 Å². The highest BCUT2D eigenvalue weighted by molar-refractivity contribution is 9.10. The minimum absolute atomic E-state index is 0.692. The van der Waals surface area contributed by atoms with Crippen LogP contribution in [0.1, 0.15) is 17.0 Å². The lowest BCUT2D eigenvalue weighted by molar-refractivity contribution is 0.855. The molecule has 100 valence electrons. The Kier molecular flexibility index (Phi) is 4.04. The molecule has 2 N–H and O–H groups in total. The first-order valence-electron chi connectivity index (χ1n) is 6.03. The summed E-state index contributed by atoms with van der Waals surface area (Å²) in [4.78, 5) is 10.9. The Morgan fingerprint density at radius 3 is 2.74 bits per heavy atom. The minimum atomic E-state index is 0.692. The third kappa shape index (κ3) is 3.04. The molecule has 0 aromatic carbocycles. The van der Waals surface area contributed by atoms with Gasteiger partial charge in [0.15, 0.2) is 0 Å². The summed E-state index contributed by atoms with van der Waals surface area (Å²) in [6.07, 6.45) is 1.69. The first kappa shape index (κ1) is 13.8. The highest BCUT2D eigenvalue weighted by atomic mass is 79.9. The zero-order valence-corrected chi connectivity index (χ0v) is 12.9. The van der Waals surface area contributed by atoms with Crippen LogP contribution in [0.4, 0.5) is 11.5 Å². The van der Waals surface area contributed by atoms with Crippen LogP contribution in [0.25, 0.3) is 0 Å². The fraction of sp³-hybridized carbons (Fsp3) is 0.286. The molecule has 0 aliphatic heterocycles. The number of nitrogens with zero attached hydrogens (tertiary/aromatic N) is 3. The number of anilines is 2. The molecule has 2 aromatic heterocycles.